The molecule has 0 radical (unpaired) electrons. The lowest BCUT2D eigenvalue weighted by Gasteiger charge is -2.02. The first-order valence-electron chi connectivity index (χ1n) is 3.10. The van der Waals surface area contributed by atoms with Crippen molar-refractivity contribution in [3.63, 3.8) is 0 Å². The largest absolute Gasteiger partial charge is 0.283 e. The number of pyridine rings is 1. The summed E-state index contributed by atoms with van der Waals surface area (Å²) in [6.07, 6.45) is -2.22. The Morgan fingerprint density at radius 1 is 1.54 bits per heavy atom. The third-order valence-electron chi connectivity index (χ3n) is 1.31. The van der Waals surface area contributed by atoms with Crippen molar-refractivity contribution in [2.45, 2.75) is 6.43 Å². The number of rotatable bonds is 1. The van der Waals surface area contributed by atoms with Gasteiger partial charge in [0.05, 0.1) is 10.6 Å². The summed E-state index contributed by atoms with van der Waals surface area (Å²) in [4.78, 5) is 3.08. The van der Waals surface area contributed by atoms with Gasteiger partial charge in [-0.3, -0.25) is 4.98 Å². The van der Waals surface area contributed by atoms with Gasteiger partial charge in [-0.2, -0.15) is 5.26 Å². The fourth-order valence-corrected chi connectivity index (χ4v) is 0.896. The van der Waals surface area contributed by atoms with E-state index in [1.54, 1.807) is 0 Å². The van der Waals surface area contributed by atoms with Crippen molar-refractivity contribution in [2.24, 2.45) is 0 Å². The first-order valence-corrected chi connectivity index (χ1v) is 3.48. The minimum absolute atomic E-state index is 0.261. The SMILES string of the molecule is N#Cc1cnc(C(F)F)c(F)c1Cl. The summed E-state index contributed by atoms with van der Waals surface area (Å²) in [7, 11) is 0. The Labute approximate surface area is 76.6 Å². The molecule has 0 spiro atoms. The summed E-state index contributed by atoms with van der Waals surface area (Å²) >= 11 is 5.27. The summed E-state index contributed by atoms with van der Waals surface area (Å²) in [6, 6.07) is 1.52. The molecule has 0 amide bonds. The average Bonchev–Trinajstić information content (AvgIpc) is 2.09. The highest BCUT2D eigenvalue weighted by atomic mass is 35.5. The molecule has 0 saturated heterocycles. The molecule has 6 heteroatoms. The van der Waals surface area contributed by atoms with Crippen molar-refractivity contribution < 1.29 is 13.2 Å². The van der Waals surface area contributed by atoms with Crippen molar-refractivity contribution in [3.8, 4) is 6.07 Å². The van der Waals surface area contributed by atoms with Gasteiger partial charge in [0.25, 0.3) is 6.43 Å². The molecule has 68 valence electrons. The summed E-state index contributed by atoms with van der Waals surface area (Å²) in [5, 5.41) is 7.73. The second-order valence-corrected chi connectivity index (χ2v) is 2.48. The van der Waals surface area contributed by atoms with Gasteiger partial charge < -0.3 is 0 Å². The average molecular weight is 207 g/mol. The molecule has 0 N–H and O–H groups in total. The minimum Gasteiger partial charge on any atom is -0.251 e. The fourth-order valence-electron chi connectivity index (χ4n) is 0.708. The summed E-state index contributed by atoms with van der Waals surface area (Å²) in [5.74, 6) is -1.34. The first kappa shape index (κ1) is 9.81. The van der Waals surface area contributed by atoms with E-state index in [0.29, 0.717) is 0 Å². The second kappa shape index (κ2) is 3.62. The molecule has 0 aliphatic carbocycles. The van der Waals surface area contributed by atoms with Crippen LogP contribution < -0.4 is 0 Å². The molecular weight excluding hydrogens is 205 g/mol. The predicted molar refractivity (Wildman–Crippen MR) is 38.9 cm³/mol. The van der Waals surface area contributed by atoms with Gasteiger partial charge in [-0.1, -0.05) is 11.6 Å². The summed E-state index contributed by atoms with van der Waals surface area (Å²) in [5.41, 5.74) is -1.30. The van der Waals surface area contributed by atoms with E-state index in [2.05, 4.69) is 4.98 Å². The predicted octanol–water partition coefficient (Wildman–Crippen LogP) is 2.68. The molecule has 0 saturated carbocycles. The van der Waals surface area contributed by atoms with Crippen LogP contribution in [0, 0.1) is 17.1 Å². The third-order valence-corrected chi connectivity index (χ3v) is 1.68. The van der Waals surface area contributed by atoms with Gasteiger partial charge in [0.15, 0.2) is 5.82 Å². The van der Waals surface area contributed by atoms with Gasteiger partial charge in [0, 0.05) is 6.20 Å². The molecule has 1 rings (SSSR count). The fraction of sp³-hybridized carbons (Fsp3) is 0.143. The number of aromatic nitrogens is 1. The number of halogens is 4. The highest BCUT2D eigenvalue weighted by molar-refractivity contribution is 6.31. The van der Waals surface area contributed by atoms with Crippen LogP contribution in [-0.2, 0) is 0 Å². The van der Waals surface area contributed by atoms with Crippen LogP contribution in [0.5, 0.6) is 0 Å². The Kier molecular flexibility index (Phi) is 2.73. The Hall–Kier alpha value is -1.28. The van der Waals surface area contributed by atoms with Gasteiger partial charge >= 0.3 is 0 Å². The smallest absolute Gasteiger partial charge is 0.251 e. The van der Waals surface area contributed by atoms with Gasteiger partial charge in [-0.25, -0.2) is 13.2 Å². The molecule has 0 aromatic carbocycles. The van der Waals surface area contributed by atoms with Crippen LogP contribution in [0.2, 0.25) is 5.02 Å². The highest BCUT2D eigenvalue weighted by Crippen LogP contribution is 2.26. The van der Waals surface area contributed by atoms with E-state index in [4.69, 9.17) is 16.9 Å². The Morgan fingerprint density at radius 3 is 2.62 bits per heavy atom. The van der Waals surface area contributed by atoms with E-state index in [-0.39, 0.29) is 5.56 Å². The van der Waals surface area contributed by atoms with E-state index < -0.39 is 23.0 Å². The van der Waals surface area contributed by atoms with Crippen molar-refractivity contribution >= 4 is 11.6 Å². The van der Waals surface area contributed by atoms with E-state index in [0.717, 1.165) is 6.20 Å². The van der Waals surface area contributed by atoms with Crippen LogP contribution >= 0.6 is 11.6 Å². The van der Waals surface area contributed by atoms with E-state index in [1.807, 2.05) is 0 Å². The van der Waals surface area contributed by atoms with Crippen molar-refractivity contribution in [1.29, 1.82) is 5.26 Å². The molecule has 1 aromatic rings. The molecule has 0 aliphatic heterocycles. The maximum atomic E-state index is 12.9. The van der Waals surface area contributed by atoms with E-state index in [9.17, 15) is 13.2 Å². The van der Waals surface area contributed by atoms with Crippen LogP contribution in [-0.4, -0.2) is 4.98 Å². The zero-order valence-corrected chi connectivity index (χ0v) is 6.82. The molecule has 1 heterocycles. The Morgan fingerprint density at radius 2 is 2.15 bits per heavy atom. The summed E-state index contributed by atoms with van der Waals surface area (Å²) in [6.45, 7) is 0. The first-order chi connectivity index (χ1) is 6.07. The molecule has 0 fully saturated rings. The molecule has 13 heavy (non-hydrogen) atoms. The molecule has 0 atom stereocenters. The number of hydrogen-bond acceptors (Lipinski definition) is 2. The van der Waals surface area contributed by atoms with Gasteiger partial charge in [0.2, 0.25) is 0 Å². The monoisotopic (exact) mass is 206 g/mol. The normalized spacial score (nSPS) is 10.2. The zero-order chi connectivity index (χ0) is 10.0. The number of alkyl halides is 2. The van der Waals surface area contributed by atoms with Crippen molar-refractivity contribution in [3.05, 3.63) is 28.3 Å². The van der Waals surface area contributed by atoms with Crippen LogP contribution in [0.3, 0.4) is 0 Å². The lowest BCUT2D eigenvalue weighted by molar-refractivity contribution is 0.140. The molecular formula is C7H2ClF3N2. The lowest BCUT2D eigenvalue weighted by Crippen LogP contribution is -1.98. The standard InChI is InChI=1S/C7H2ClF3N2/c8-4-3(1-12)2-13-6(5(4)9)7(10)11/h2,7H. The Balaban J connectivity index is 3.33. The highest BCUT2D eigenvalue weighted by Gasteiger charge is 2.19. The maximum absolute atomic E-state index is 12.9. The van der Waals surface area contributed by atoms with E-state index in [1.165, 1.54) is 6.07 Å². The second-order valence-electron chi connectivity index (χ2n) is 2.10. The topological polar surface area (TPSA) is 36.7 Å². The number of nitriles is 1. The van der Waals surface area contributed by atoms with E-state index >= 15 is 0 Å². The van der Waals surface area contributed by atoms with Crippen LogP contribution in [0.15, 0.2) is 6.20 Å². The van der Waals surface area contributed by atoms with Gasteiger partial charge in [-0.15, -0.1) is 0 Å². The van der Waals surface area contributed by atoms with Gasteiger partial charge in [0.1, 0.15) is 11.8 Å². The summed E-state index contributed by atoms with van der Waals surface area (Å²) < 4.78 is 36.9. The lowest BCUT2D eigenvalue weighted by atomic mass is 10.2. The Bertz CT molecular complexity index is 373. The maximum Gasteiger partial charge on any atom is 0.283 e. The molecule has 1 aromatic heterocycles. The quantitative estimate of drug-likeness (QED) is 0.708. The molecule has 0 aliphatic rings. The molecule has 2 nitrogen and oxygen atoms in total. The van der Waals surface area contributed by atoms with Gasteiger partial charge in [-0.05, 0) is 0 Å². The third kappa shape index (κ3) is 1.73. The molecule has 0 unspecified atom stereocenters. The van der Waals surface area contributed by atoms with Crippen LogP contribution in [0.4, 0.5) is 13.2 Å². The number of nitrogens with zero attached hydrogens (tertiary/aromatic N) is 2. The van der Waals surface area contributed by atoms with Crippen LogP contribution in [0.1, 0.15) is 17.7 Å². The molecule has 0 bridgehead atoms. The minimum atomic E-state index is -3.04. The number of hydrogen-bond donors (Lipinski definition) is 0. The van der Waals surface area contributed by atoms with Crippen molar-refractivity contribution in [2.75, 3.05) is 0 Å². The zero-order valence-electron chi connectivity index (χ0n) is 6.06. The van der Waals surface area contributed by atoms with Crippen molar-refractivity contribution in [1.82, 2.24) is 4.98 Å². The van der Waals surface area contributed by atoms with Crippen LogP contribution in [0.25, 0.3) is 0 Å².